The zero-order chi connectivity index (χ0) is 56.9. The first-order chi connectivity index (χ1) is 37.7. The molecule has 8 aromatic carbocycles. The molecule has 79 heavy (non-hydrogen) atoms. The van der Waals surface area contributed by atoms with Crippen molar-refractivity contribution < 1.29 is 37.9 Å². The first-order valence-electron chi connectivity index (χ1n) is 27.1. The molecule has 0 atom stereocenters. The molecule has 0 N–H and O–H groups in total. The second-order valence-electron chi connectivity index (χ2n) is 22.7. The van der Waals surface area contributed by atoms with Crippen molar-refractivity contribution >= 4 is 0 Å². The molecule has 0 heterocycles. The summed E-state index contributed by atoms with van der Waals surface area (Å²) in [4.78, 5) is 0. The van der Waals surface area contributed by atoms with Crippen molar-refractivity contribution in [2.24, 2.45) is 0 Å². The van der Waals surface area contributed by atoms with E-state index < -0.39 is 10.8 Å². The van der Waals surface area contributed by atoms with E-state index >= 15 is 0 Å². The highest BCUT2D eigenvalue weighted by molar-refractivity contribution is 5.59. The Balaban J connectivity index is 1.32. The zero-order valence-electron chi connectivity index (χ0n) is 49.4. The van der Waals surface area contributed by atoms with Crippen LogP contribution in [0.4, 0.5) is 0 Å². The average molecular weight is 1060 g/mol. The number of rotatable bonds is 22. The van der Waals surface area contributed by atoms with Crippen molar-refractivity contribution in [1.29, 1.82) is 0 Å². The third-order valence-corrected chi connectivity index (χ3v) is 16.7. The van der Waals surface area contributed by atoms with Gasteiger partial charge in [-0.25, -0.2) is 0 Å². The Labute approximate surface area is 470 Å². The molecule has 0 aromatic heterocycles. The summed E-state index contributed by atoms with van der Waals surface area (Å²) in [6, 6.07) is 56.0. The molecule has 0 aliphatic rings. The minimum absolute atomic E-state index is 0.322. The van der Waals surface area contributed by atoms with Gasteiger partial charge in [-0.2, -0.15) is 0 Å². The second-order valence-corrected chi connectivity index (χ2v) is 22.7. The lowest BCUT2D eigenvalue weighted by Gasteiger charge is -2.30. The van der Waals surface area contributed by atoms with Gasteiger partial charge in [0.15, 0.2) is 0 Å². The summed E-state index contributed by atoms with van der Waals surface area (Å²) in [6.07, 6.45) is 1.61. The van der Waals surface area contributed by atoms with Gasteiger partial charge in [0.05, 0.1) is 56.9 Å². The Morgan fingerprint density at radius 1 is 0.228 bits per heavy atom. The SMILES string of the molecule is COc1ccc(C(C)(C)c2ccc(OC)c(Cc3cc(C(C)(C)c4ccc(OC)cc4)cc(Cc4cc(C(C)(C)c5ccc(OC)cc5)cc(Cc5cc(C(C)(C)c6ccc(OC)cc6)ccc5OC)c4OC)c3OC)c2)cc1. The molecule has 0 radical (unpaired) electrons. The molecule has 412 valence electrons. The minimum atomic E-state index is -0.432. The number of hydrogen-bond donors (Lipinski definition) is 0. The van der Waals surface area contributed by atoms with E-state index in [-0.39, 0.29) is 10.8 Å². The Hall–Kier alpha value is -7.84. The van der Waals surface area contributed by atoms with Gasteiger partial charge in [0.25, 0.3) is 0 Å². The van der Waals surface area contributed by atoms with Gasteiger partial charge in [0.1, 0.15) is 46.0 Å². The van der Waals surface area contributed by atoms with Gasteiger partial charge in [0, 0.05) is 40.9 Å². The highest BCUT2D eigenvalue weighted by atomic mass is 16.5. The topological polar surface area (TPSA) is 73.8 Å². The summed E-state index contributed by atoms with van der Waals surface area (Å²) in [6.45, 7) is 18.2. The summed E-state index contributed by atoms with van der Waals surface area (Å²) in [5, 5.41) is 0. The van der Waals surface area contributed by atoms with Crippen LogP contribution in [0.15, 0.2) is 158 Å². The van der Waals surface area contributed by atoms with Crippen molar-refractivity contribution in [2.75, 3.05) is 56.9 Å². The average Bonchev–Trinajstić information content (AvgIpc) is 3.58. The van der Waals surface area contributed by atoms with Gasteiger partial charge < -0.3 is 37.9 Å². The monoisotopic (exact) mass is 1060 g/mol. The number of hydrogen-bond acceptors (Lipinski definition) is 8. The first-order valence-corrected chi connectivity index (χ1v) is 27.1. The third-order valence-electron chi connectivity index (χ3n) is 16.7. The molecular formula is C71H80O8. The second kappa shape index (κ2) is 23.6. The Kier molecular flexibility index (Phi) is 17.2. The van der Waals surface area contributed by atoms with E-state index in [9.17, 15) is 0 Å². The van der Waals surface area contributed by atoms with Crippen molar-refractivity contribution in [1.82, 2.24) is 0 Å². The predicted octanol–water partition coefficient (Wildman–Crippen LogP) is 15.8. The molecular weight excluding hydrogens is 981 g/mol. The van der Waals surface area contributed by atoms with Gasteiger partial charge in [-0.1, -0.05) is 152 Å². The van der Waals surface area contributed by atoms with Crippen molar-refractivity contribution in [3.8, 4) is 46.0 Å². The number of methoxy groups -OCH3 is 8. The van der Waals surface area contributed by atoms with Crippen molar-refractivity contribution in [2.45, 2.75) is 96.3 Å². The fourth-order valence-electron chi connectivity index (χ4n) is 11.2. The van der Waals surface area contributed by atoms with E-state index in [1.54, 1.807) is 56.9 Å². The molecule has 0 unspecified atom stereocenters. The van der Waals surface area contributed by atoms with Crippen LogP contribution in [-0.4, -0.2) is 56.9 Å². The van der Waals surface area contributed by atoms with Crippen LogP contribution in [0.1, 0.15) is 133 Å². The van der Waals surface area contributed by atoms with E-state index in [2.05, 4.69) is 165 Å². The van der Waals surface area contributed by atoms with Crippen LogP contribution in [-0.2, 0) is 40.9 Å². The van der Waals surface area contributed by atoms with Crippen LogP contribution in [0.5, 0.6) is 46.0 Å². The number of benzene rings is 8. The van der Waals surface area contributed by atoms with E-state index in [1.807, 2.05) is 48.5 Å². The summed E-state index contributed by atoms with van der Waals surface area (Å²) >= 11 is 0. The van der Waals surface area contributed by atoms with Crippen LogP contribution >= 0.6 is 0 Å². The molecule has 0 saturated heterocycles. The van der Waals surface area contributed by atoms with E-state index in [0.29, 0.717) is 19.3 Å². The smallest absolute Gasteiger partial charge is 0.125 e. The van der Waals surface area contributed by atoms with Gasteiger partial charge in [-0.05, 0) is 139 Å². The molecule has 8 nitrogen and oxygen atoms in total. The van der Waals surface area contributed by atoms with Gasteiger partial charge in [-0.15, -0.1) is 0 Å². The largest absolute Gasteiger partial charge is 0.497 e. The van der Waals surface area contributed by atoms with Gasteiger partial charge in [-0.3, -0.25) is 0 Å². The summed E-state index contributed by atoms with van der Waals surface area (Å²) in [5.41, 5.74) is 14.1. The molecule has 8 aromatic rings. The number of ether oxygens (including phenoxy) is 8. The molecule has 0 aliphatic carbocycles. The van der Waals surface area contributed by atoms with E-state index in [1.165, 1.54) is 22.3 Å². The normalized spacial score (nSPS) is 11.9. The molecule has 8 heteroatoms. The maximum atomic E-state index is 6.65. The summed E-state index contributed by atoms with van der Waals surface area (Å²) < 4.78 is 47.9. The van der Waals surface area contributed by atoms with Crippen LogP contribution in [0.2, 0.25) is 0 Å². The van der Waals surface area contributed by atoms with Crippen LogP contribution in [0.3, 0.4) is 0 Å². The molecule has 8 rings (SSSR count). The van der Waals surface area contributed by atoms with Gasteiger partial charge in [0.2, 0.25) is 0 Å². The molecule has 0 bridgehead atoms. The summed E-state index contributed by atoms with van der Waals surface area (Å²) in [5.74, 6) is 6.52. The quantitative estimate of drug-likeness (QED) is 0.0665. The van der Waals surface area contributed by atoms with Gasteiger partial charge >= 0.3 is 0 Å². The Bertz CT molecular complexity index is 3140. The molecule has 0 spiro atoms. The fourth-order valence-corrected chi connectivity index (χ4v) is 11.2. The molecule has 0 aliphatic heterocycles. The van der Waals surface area contributed by atoms with E-state index in [0.717, 1.165) is 102 Å². The van der Waals surface area contributed by atoms with Crippen molar-refractivity contribution in [3.05, 3.63) is 236 Å². The van der Waals surface area contributed by atoms with Crippen molar-refractivity contribution in [3.63, 3.8) is 0 Å². The maximum Gasteiger partial charge on any atom is 0.125 e. The van der Waals surface area contributed by atoms with Crippen LogP contribution in [0, 0.1) is 0 Å². The lowest BCUT2D eigenvalue weighted by molar-refractivity contribution is 0.398. The summed E-state index contributed by atoms with van der Waals surface area (Å²) in [7, 11) is 13.9. The lowest BCUT2D eigenvalue weighted by Crippen LogP contribution is -2.21. The maximum absolute atomic E-state index is 6.65. The molecule has 0 saturated carbocycles. The lowest BCUT2D eigenvalue weighted by atomic mass is 9.75. The van der Waals surface area contributed by atoms with Crippen LogP contribution < -0.4 is 37.9 Å². The minimum Gasteiger partial charge on any atom is -0.497 e. The van der Waals surface area contributed by atoms with Crippen LogP contribution in [0.25, 0.3) is 0 Å². The highest BCUT2D eigenvalue weighted by Gasteiger charge is 2.32. The molecule has 0 fully saturated rings. The van der Waals surface area contributed by atoms with E-state index in [4.69, 9.17) is 37.9 Å². The highest BCUT2D eigenvalue weighted by Crippen LogP contribution is 2.45. The third kappa shape index (κ3) is 11.8. The molecule has 0 amide bonds. The standard InChI is InChI=1S/C71H80O8/c1-68(2,52-17-27-60(72-9)28-18-52)56-25-35-64(76-13)46(40-56)37-48-42-58(70(5,6)54-21-31-62(74-11)32-22-54)44-50(66(48)78-15)39-51-45-59(71(7,8)55-23-33-63(75-12)34-24-55)43-49(67(51)79-16)38-47-41-57(26-36-65(47)77-14)69(3,4)53-19-29-61(73-10)30-20-53/h17-36,40-45H,37-39H2,1-16H3. The Morgan fingerprint density at radius 2 is 0.443 bits per heavy atom. The first kappa shape index (κ1) is 57.3. The fraction of sp³-hybridized carbons (Fsp3) is 0.324. The Morgan fingerprint density at radius 3 is 0.671 bits per heavy atom. The predicted molar refractivity (Wildman–Crippen MR) is 321 cm³/mol. The zero-order valence-corrected chi connectivity index (χ0v) is 49.4.